The molecule has 0 spiro atoms. The molecule has 50 heavy (non-hydrogen) atoms. The molecule has 1 saturated carbocycles. The summed E-state index contributed by atoms with van der Waals surface area (Å²) in [5.41, 5.74) is 1.74. The minimum atomic E-state index is -1.28. The normalized spacial score (nSPS) is 22.4. The molecule has 2 aromatic carbocycles. The third kappa shape index (κ3) is 8.36. The van der Waals surface area contributed by atoms with E-state index in [0.717, 1.165) is 18.5 Å². The Morgan fingerprint density at radius 2 is 1.76 bits per heavy atom. The summed E-state index contributed by atoms with van der Waals surface area (Å²) in [5.74, 6) is 6.49. The second-order valence-corrected chi connectivity index (χ2v) is 12.4. The molecule has 6 atom stereocenters. The van der Waals surface area contributed by atoms with Gasteiger partial charge in [-0.2, -0.15) is 0 Å². The molecule has 1 saturated heterocycles. The number of carbonyl (C=O) groups excluding carboxylic acids is 2. The molecule has 2 aliphatic rings. The number of amides is 2. The summed E-state index contributed by atoms with van der Waals surface area (Å²) >= 11 is 0. The van der Waals surface area contributed by atoms with E-state index < -0.39 is 48.9 Å². The zero-order valence-corrected chi connectivity index (χ0v) is 27.2. The maximum atomic E-state index is 12.3. The van der Waals surface area contributed by atoms with Crippen LogP contribution in [0.25, 0.3) is 11.2 Å². The first-order valence-electron chi connectivity index (χ1n) is 16.5. The maximum absolute atomic E-state index is 12.3. The molecule has 15 nitrogen and oxygen atoms in total. The number of fused-ring (bicyclic) bond motifs is 1. The lowest BCUT2D eigenvalue weighted by molar-refractivity contribution is -0.125. The molecule has 0 radical (unpaired) electrons. The van der Waals surface area contributed by atoms with Gasteiger partial charge >= 0.3 is 6.09 Å². The van der Waals surface area contributed by atoms with Gasteiger partial charge in [0.15, 0.2) is 17.0 Å². The Morgan fingerprint density at radius 1 is 1.00 bits per heavy atom. The molecule has 2 amide bonds. The van der Waals surface area contributed by atoms with Crippen LogP contribution in [0.5, 0.6) is 5.75 Å². The van der Waals surface area contributed by atoms with Crippen molar-refractivity contribution >= 4 is 29.0 Å². The number of hydrogen-bond donors (Lipinski definition) is 7. The van der Waals surface area contributed by atoms with E-state index in [1.807, 2.05) is 36.4 Å². The predicted octanol–water partition coefficient (Wildman–Crippen LogP) is 0.200. The van der Waals surface area contributed by atoms with E-state index in [9.17, 15) is 30.0 Å². The van der Waals surface area contributed by atoms with Crippen molar-refractivity contribution in [1.29, 1.82) is 0 Å². The number of rotatable bonds is 11. The molecule has 15 heteroatoms. The summed E-state index contributed by atoms with van der Waals surface area (Å²) in [5, 5.41) is 49.8. The molecule has 1 aliphatic carbocycles. The summed E-state index contributed by atoms with van der Waals surface area (Å²) in [7, 11) is 0. The molecule has 262 valence electrons. The third-order valence-corrected chi connectivity index (χ3v) is 8.86. The van der Waals surface area contributed by atoms with Gasteiger partial charge in [0, 0.05) is 19.1 Å². The number of anilines is 1. The highest BCUT2D eigenvalue weighted by Gasteiger charge is 2.44. The monoisotopic (exact) mass is 684 g/mol. The average molecular weight is 685 g/mol. The number of likely N-dealkylation sites (tertiary alicyclic amines) is 1. The lowest BCUT2D eigenvalue weighted by atomic mass is 10.1. The van der Waals surface area contributed by atoms with Gasteiger partial charge in [-0.25, -0.2) is 19.7 Å². The van der Waals surface area contributed by atoms with Crippen LogP contribution in [0.3, 0.4) is 0 Å². The first-order valence-corrected chi connectivity index (χ1v) is 16.5. The Morgan fingerprint density at radius 3 is 2.50 bits per heavy atom. The second-order valence-electron chi connectivity index (χ2n) is 12.4. The fraction of sp³-hybridized carbons (Fsp3) is 0.400. The number of imidazole rings is 1. The van der Waals surface area contributed by atoms with Crippen molar-refractivity contribution in [2.45, 2.75) is 55.6 Å². The van der Waals surface area contributed by atoms with E-state index in [4.69, 9.17) is 4.74 Å². The number of ether oxygens (including phenoxy) is 1. The number of aliphatic hydroxyl groups excluding tert-OH is 4. The van der Waals surface area contributed by atoms with Gasteiger partial charge in [0.1, 0.15) is 24.6 Å². The van der Waals surface area contributed by atoms with E-state index in [-0.39, 0.29) is 24.9 Å². The third-order valence-electron chi connectivity index (χ3n) is 8.86. The van der Waals surface area contributed by atoms with E-state index >= 15 is 0 Å². The lowest BCUT2D eigenvalue weighted by Gasteiger charge is -2.19. The Hall–Kier alpha value is -5.11. The van der Waals surface area contributed by atoms with Crippen molar-refractivity contribution in [2.75, 3.05) is 38.2 Å². The zero-order chi connectivity index (χ0) is 35.0. The van der Waals surface area contributed by atoms with Crippen molar-refractivity contribution in [3.05, 3.63) is 78.4 Å². The highest BCUT2D eigenvalue weighted by atomic mass is 16.6. The molecule has 1 aliphatic heterocycles. The molecular formula is C35H40N8O7. The fourth-order valence-corrected chi connectivity index (χ4v) is 6.36. The minimum Gasteiger partial charge on any atom is -0.410 e. The number of aliphatic hydroxyl groups is 4. The summed E-state index contributed by atoms with van der Waals surface area (Å²) in [6.07, 6.45) is -0.165. The van der Waals surface area contributed by atoms with Crippen molar-refractivity contribution in [3.8, 4) is 17.6 Å². The summed E-state index contributed by atoms with van der Waals surface area (Å²) in [6.45, 7) is 0.767. The number of carbonyl (C=O) groups is 2. The van der Waals surface area contributed by atoms with Gasteiger partial charge < -0.3 is 45.7 Å². The molecule has 2 aromatic heterocycles. The summed E-state index contributed by atoms with van der Waals surface area (Å²) in [4.78, 5) is 40.2. The highest BCUT2D eigenvalue weighted by Crippen LogP contribution is 2.34. The van der Waals surface area contributed by atoms with Crippen molar-refractivity contribution in [3.63, 3.8) is 0 Å². The van der Waals surface area contributed by atoms with Crippen molar-refractivity contribution < 1.29 is 34.8 Å². The molecule has 2 fully saturated rings. The molecule has 6 rings (SSSR count). The Balaban J connectivity index is 1.20. The molecule has 4 aromatic rings. The molecule has 0 unspecified atom stereocenters. The quantitative estimate of drug-likeness (QED) is 0.106. The molecular weight excluding hydrogens is 644 g/mol. The van der Waals surface area contributed by atoms with Crippen LogP contribution in [0.2, 0.25) is 0 Å². The van der Waals surface area contributed by atoms with Crippen LogP contribution in [0.4, 0.5) is 10.6 Å². The minimum absolute atomic E-state index is 0.0926. The number of nitrogens with zero attached hydrogens (tertiary/aromatic N) is 5. The van der Waals surface area contributed by atoms with Crippen LogP contribution < -0.4 is 20.7 Å². The van der Waals surface area contributed by atoms with E-state index in [1.54, 1.807) is 28.8 Å². The average Bonchev–Trinajstić information content (AvgIpc) is 3.83. The van der Waals surface area contributed by atoms with E-state index in [1.165, 1.54) is 6.33 Å². The van der Waals surface area contributed by atoms with E-state index in [0.29, 0.717) is 42.2 Å². The standard InChI is InChI=1S/C35H40N8O7/c44-19-24(16-22-8-3-1-4-9-22)37-33-30-34(43(21-36-30)27-17-26(31(47)32(27)48)39-29(46)20-45)41-28(40-33)12-7-14-42-15-13-23(18-42)38-35(49)50-25-10-5-2-6-11-25/h1-6,8-11,21,23-24,26-27,31-32,44-45,47-48H,13-20H2,(H,38,49)(H,39,46)(H,37,40,41)/t23-,24+,26+,27-,31-,32+/m1/s1. The van der Waals surface area contributed by atoms with Crippen LogP contribution in [-0.4, -0.2) is 120 Å². The fourth-order valence-electron chi connectivity index (χ4n) is 6.36. The topological polar surface area (TPSA) is 207 Å². The van der Waals surface area contributed by atoms with E-state index in [2.05, 4.69) is 47.6 Å². The Bertz CT molecular complexity index is 1830. The number of benzene rings is 2. The Kier molecular flexibility index (Phi) is 11.2. The summed E-state index contributed by atoms with van der Waals surface area (Å²) < 4.78 is 6.97. The van der Waals surface area contributed by atoms with Gasteiger partial charge in [0.05, 0.1) is 37.6 Å². The molecule has 3 heterocycles. The zero-order valence-electron chi connectivity index (χ0n) is 27.2. The van der Waals surface area contributed by atoms with Gasteiger partial charge in [-0.15, -0.1) is 0 Å². The van der Waals surface area contributed by atoms with Crippen molar-refractivity contribution in [1.82, 2.24) is 35.1 Å². The lowest BCUT2D eigenvalue weighted by Crippen LogP contribution is -2.44. The first kappa shape index (κ1) is 34.7. The number of aromatic nitrogens is 4. The van der Waals surface area contributed by atoms with Crippen LogP contribution in [0.15, 0.2) is 67.0 Å². The Labute approximate surface area is 288 Å². The number of hydrogen-bond acceptors (Lipinski definition) is 12. The van der Waals surface area contributed by atoms with Gasteiger partial charge in [-0.1, -0.05) is 54.5 Å². The highest BCUT2D eigenvalue weighted by molar-refractivity contribution is 5.84. The van der Waals surface area contributed by atoms with Crippen LogP contribution >= 0.6 is 0 Å². The summed E-state index contributed by atoms with van der Waals surface area (Å²) in [6, 6.07) is 16.6. The number of para-hydroxylation sites is 1. The SMILES string of the molecule is O=C(CO)N[C@H]1C[C@@H](n2cnc3c(N[C@H](CO)Cc4ccccc4)nc(C#CCN4CC[C@@H](NC(=O)Oc5ccccc5)C4)nc32)[C@H](O)[C@@H]1O. The van der Waals surface area contributed by atoms with Gasteiger partial charge in [-0.3, -0.25) is 9.69 Å². The maximum Gasteiger partial charge on any atom is 0.412 e. The van der Waals surface area contributed by atoms with Crippen LogP contribution in [0, 0.1) is 11.8 Å². The van der Waals surface area contributed by atoms with Gasteiger partial charge in [0.2, 0.25) is 11.7 Å². The predicted molar refractivity (Wildman–Crippen MR) is 182 cm³/mol. The van der Waals surface area contributed by atoms with Crippen LogP contribution in [-0.2, 0) is 11.2 Å². The molecule has 0 bridgehead atoms. The number of nitrogens with one attached hydrogen (secondary N) is 3. The van der Waals surface area contributed by atoms with Gasteiger partial charge in [-0.05, 0) is 42.9 Å². The second kappa shape index (κ2) is 16.1. The smallest absolute Gasteiger partial charge is 0.410 e. The van der Waals surface area contributed by atoms with Crippen molar-refractivity contribution in [2.24, 2.45) is 0 Å². The first-order chi connectivity index (χ1) is 24.3. The molecule has 7 N–H and O–H groups in total. The van der Waals surface area contributed by atoms with Gasteiger partial charge in [0.25, 0.3) is 0 Å². The largest absolute Gasteiger partial charge is 0.412 e. The van der Waals surface area contributed by atoms with Crippen LogP contribution in [0.1, 0.15) is 30.3 Å².